The molecule has 328 valence electrons. The van der Waals surface area contributed by atoms with Gasteiger partial charge in [-0.3, -0.25) is 16.0 Å². The lowest BCUT2D eigenvalue weighted by molar-refractivity contribution is 0.161. The summed E-state index contributed by atoms with van der Waals surface area (Å²) in [4.78, 5) is 0. The molecule has 1 fully saturated rings. The summed E-state index contributed by atoms with van der Waals surface area (Å²) in [6.45, 7) is 0. The highest BCUT2D eigenvalue weighted by molar-refractivity contribution is 6.24. The Kier molecular flexibility index (Phi) is 9.23. The van der Waals surface area contributed by atoms with Crippen LogP contribution in [0.2, 0.25) is 0 Å². The van der Waals surface area contributed by atoms with Gasteiger partial charge in [0, 0.05) is 43.7 Å². The summed E-state index contributed by atoms with van der Waals surface area (Å²) < 4.78 is 7.52. The quantitative estimate of drug-likeness (QED) is 0.149. The SMILES string of the molecule is c1ccc(-c2cccc(C3NC(c4ccccc4)NC(n4c5ccccc5c5ccc6c7ccccc7n(-c7cc(-c8ccccc8)c8c9ccccc9n(-c9ccccc9)c8c7)c6c54)N3)c2)cc1. The fourth-order valence-corrected chi connectivity index (χ4v) is 11.3. The molecule has 6 nitrogen and oxygen atoms in total. The third-order valence-electron chi connectivity index (χ3n) is 14.3. The van der Waals surface area contributed by atoms with Crippen molar-refractivity contribution < 1.29 is 0 Å². The van der Waals surface area contributed by atoms with Gasteiger partial charge in [0.05, 0.1) is 45.4 Å². The topological polar surface area (TPSA) is 50.9 Å². The minimum Gasteiger partial charge on any atom is -0.309 e. The van der Waals surface area contributed by atoms with E-state index in [1.165, 1.54) is 71.2 Å². The van der Waals surface area contributed by atoms with E-state index >= 15 is 0 Å². The van der Waals surface area contributed by atoms with E-state index < -0.39 is 0 Å². The Hall–Kier alpha value is -8.52. The van der Waals surface area contributed by atoms with E-state index in [2.05, 4.69) is 272 Å². The highest BCUT2D eigenvalue weighted by Gasteiger charge is 2.33. The molecule has 3 N–H and O–H groups in total. The van der Waals surface area contributed by atoms with Crippen LogP contribution in [-0.2, 0) is 0 Å². The van der Waals surface area contributed by atoms with Crippen LogP contribution in [0.3, 0.4) is 0 Å². The Morgan fingerprint density at radius 3 is 1.54 bits per heavy atom. The van der Waals surface area contributed by atoms with Crippen LogP contribution in [0, 0.1) is 0 Å². The van der Waals surface area contributed by atoms with Gasteiger partial charge in [-0.15, -0.1) is 0 Å². The Morgan fingerprint density at radius 1 is 0.304 bits per heavy atom. The van der Waals surface area contributed by atoms with Gasteiger partial charge in [0.25, 0.3) is 0 Å². The second kappa shape index (κ2) is 16.1. The molecule has 3 aromatic heterocycles. The minimum atomic E-state index is -0.329. The predicted molar refractivity (Wildman–Crippen MR) is 286 cm³/mol. The van der Waals surface area contributed by atoms with Crippen LogP contribution in [0.1, 0.15) is 29.7 Å². The van der Waals surface area contributed by atoms with E-state index in [1.54, 1.807) is 0 Å². The van der Waals surface area contributed by atoms with Crippen LogP contribution in [0.15, 0.2) is 243 Å². The maximum absolute atomic E-state index is 4.12. The molecule has 0 bridgehead atoms. The molecule has 3 unspecified atom stereocenters. The summed E-state index contributed by atoms with van der Waals surface area (Å²) in [5.41, 5.74) is 16.3. The second-order valence-corrected chi connectivity index (χ2v) is 18.2. The lowest BCUT2D eigenvalue weighted by atomic mass is 9.98. The van der Waals surface area contributed by atoms with Gasteiger partial charge in [-0.1, -0.05) is 194 Å². The summed E-state index contributed by atoms with van der Waals surface area (Å²) in [7, 11) is 0. The van der Waals surface area contributed by atoms with Crippen molar-refractivity contribution in [1.29, 1.82) is 0 Å². The summed E-state index contributed by atoms with van der Waals surface area (Å²) in [6.07, 6.45) is -0.689. The van der Waals surface area contributed by atoms with Gasteiger partial charge in [0.15, 0.2) is 0 Å². The molecule has 13 aromatic rings. The first-order valence-electron chi connectivity index (χ1n) is 23.9. The fourth-order valence-electron chi connectivity index (χ4n) is 11.3. The van der Waals surface area contributed by atoms with Gasteiger partial charge in [-0.25, -0.2) is 0 Å². The first kappa shape index (κ1) is 39.6. The number of hydrogen-bond donors (Lipinski definition) is 3. The van der Waals surface area contributed by atoms with Crippen molar-refractivity contribution in [2.24, 2.45) is 0 Å². The highest BCUT2D eigenvalue weighted by Crippen LogP contribution is 2.45. The molecule has 1 aliphatic rings. The zero-order valence-corrected chi connectivity index (χ0v) is 37.7. The molecule has 0 spiro atoms. The van der Waals surface area contributed by atoms with E-state index in [-0.39, 0.29) is 18.6 Å². The number of benzene rings is 10. The van der Waals surface area contributed by atoms with Crippen molar-refractivity contribution in [3.05, 3.63) is 254 Å². The van der Waals surface area contributed by atoms with Gasteiger partial charge >= 0.3 is 0 Å². The molecule has 6 heteroatoms. The van der Waals surface area contributed by atoms with Gasteiger partial charge in [0.2, 0.25) is 0 Å². The molecule has 0 amide bonds. The van der Waals surface area contributed by atoms with Crippen molar-refractivity contribution in [3.63, 3.8) is 0 Å². The van der Waals surface area contributed by atoms with Crippen molar-refractivity contribution >= 4 is 65.4 Å². The Balaban J connectivity index is 1.06. The Bertz CT molecular complexity index is 4060. The summed E-state index contributed by atoms with van der Waals surface area (Å²) in [5, 5.41) is 19.5. The van der Waals surface area contributed by atoms with Gasteiger partial charge in [-0.2, -0.15) is 0 Å². The molecule has 3 atom stereocenters. The number of hydrogen-bond acceptors (Lipinski definition) is 3. The molecule has 1 aliphatic heterocycles. The van der Waals surface area contributed by atoms with E-state index in [0.717, 1.165) is 39.0 Å². The van der Waals surface area contributed by atoms with Crippen molar-refractivity contribution in [3.8, 4) is 33.6 Å². The van der Waals surface area contributed by atoms with Crippen LogP contribution in [0.4, 0.5) is 0 Å². The summed E-state index contributed by atoms with van der Waals surface area (Å²) in [6, 6.07) is 88.3. The molecular formula is C63H46N6. The number of nitrogens with zero attached hydrogens (tertiary/aromatic N) is 3. The van der Waals surface area contributed by atoms with Gasteiger partial charge < -0.3 is 13.7 Å². The normalized spacial score (nSPS) is 16.4. The molecule has 4 heterocycles. The van der Waals surface area contributed by atoms with Crippen LogP contribution in [-0.4, -0.2) is 13.7 Å². The minimum absolute atomic E-state index is 0.167. The van der Waals surface area contributed by atoms with Crippen molar-refractivity contribution in [2.75, 3.05) is 0 Å². The monoisotopic (exact) mass is 886 g/mol. The number of fused-ring (bicyclic) bond motifs is 10. The molecule has 1 saturated heterocycles. The van der Waals surface area contributed by atoms with Gasteiger partial charge in [0.1, 0.15) is 6.29 Å². The van der Waals surface area contributed by atoms with E-state index in [4.69, 9.17) is 0 Å². The third-order valence-corrected chi connectivity index (χ3v) is 14.3. The van der Waals surface area contributed by atoms with Crippen LogP contribution < -0.4 is 16.0 Å². The lowest BCUT2D eigenvalue weighted by Gasteiger charge is -2.40. The molecule has 0 aliphatic carbocycles. The lowest BCUT2D eigenvalue weighted by Crippen LogP contribution is -2.56. The van der Waals surface area contributed by atoms with E-state index in [9.17, 15) is 0 Å². The smallest absolute Gasteiger partial charge is 0.142 e. The fraction of sp³-hybridized carbons (Fsp3) is 0.0476. The highest BCUT2D eigenvalue weighted by atomic mass is 15.4. The number of aromatic nitrogens is 3. The summed E-state index contributed by atoms with van der Waals surface area (Å²) >= 11 is 0. The third kappa shape index (κ3) is 6.38. The van der Waals surface area contributed by atoms with E-state index in [1.807, 2.05) is 0 Å². The average Bonchev–Trinajstić information content (AvgIpc) is 4.07. The Morgan fingerprint density at radius 2 is 0.826 bits per heavy atom. The molecule has 10 aromatic carbocycles. The second-order valence-electron chi connectivity index (χ2n) is 18.2. The number of para-hydroxylation sites is 4. The Labute approximate surface area is 399 Å². The van der Waals surface area contributed by atoms with Gasteiger partial charge in [-0.05, 0) is 81.9 Å². The first-order chi connectivity index (χ1) is 34.2. The largest absolute Gasteiger partial charge is 0.309 e. The summed E-state index contributed by atoms with van der Waals surface area (Å²) in [5.74, 6) is 0. The predicted octanol–water partition coefficient (Wildman–Crippen LogP) is 15.0. The van der Waals surface area contributed by atoms with Crippen LogP contribution >= 0.6 is 0 Å². The van der Waals surface area contributed by atoms with Crippen molar-refractivity contribution in [2.45, 2.75) is 18.6 Å². The number of nitrogens with one attached hydrogen (secondary N) is 3. The molecule has 14 rings (SSSR count). The van der Waals surface area contributed by atoms with E-state index in [0.29, 0.717) is 0 Å². The van der Waals surface area contributed by atoms with Crippen LogP contribution in [0.25, 0.3) is 99.0 Å². The van der Waals surface area contributed by atoms with Crippen LogP contribution in [0.5, 0.6) is 0 Å². The maximum Gasteiger partial charge on any atom is 0.142 e. The average molecular weight is 887 g/mol. The maximum atomic E-state index is 4.12. The first-order valence-corrected chi connectivity index (χ1v) is 23.9. The molecule has 0 saturated carbocycles. The molecule has 0 radical (unpaired) electrons. The molecule has 69 heavy (non-hydrogen) atoms. The number of rotatable bonds is 7. The molecular weight excluding hydrogens is 841 g/mol. The van der Waals surface area contributed by atoms with Crippen molar-refractivity contribution in [1.82, 2.24) is 29.7 Å². The zero-order chi connectivity index (χ0) is 45.4. The standard InChI is InChI=1S/C63H46N6/c1-5-20-41(21-6-1)44-26-19-27-45(38-44)62-64-61(43-24-9-3-10-25-43)65-63(66-62)69-55-34-17-14-31-49(55)51-37-36-50-48-30-13-16-33-54(48)68(59(50)60(51)69)47-39-53(42-22-7-2-8-23-42)58-52-32-15-18-35-56(52)67(57(58)40-47)46-28-11-4-12-29-46/h1-40,61-66H. The zero-order valence-electron chi connectivity index (χ0n) is 37.7.